The van der Waals surface area contributed by atoms with Crippen LogP contribution >= 0.6 is 12.4 Å². The van der Waals surface area contributed by atoms with Gasteiger partial charge < -0.3 is 20.7 Å². The molecule has 0 aromatic heterocycles. The summed E-state index contributed by atoms with van der Waals surface area (Å²) < 4.78 is 5.13. The first kappa shape index (κ1) is 20.3. The molecule has 2 unspecified atom stereocenters. The number of carbonyl (C=O) groups excluding carboxylic acids is 2. The lowest BCUT2D eigenvalue weighted by atomic mass is 10.1. The van der Waals surface area contributed by atoms with Crippen molar-refractivity contribution in [1.82, 2.24) is 4.90 Å². The summed E-state index contributed by atoms with van der Waals surface area (Å²) in [4.78, 5) is 26.3. The number of hydrogen-bond donors (Lipinski definition) is 2. The fourth-order valence-electron chi connectivity index (χ4n) is 2.92. The molecule has 6 nitrogen and oxygen atoms in total. The first-order chi connectivity index (χ1) is 11.0. The Morgan fingerprint density at radius 2 is 2.12 bits per heavy atom. The summed E-state index contributed by atoms with van der Waals surface area (Å²) in [5.74, 6) is 0.442. The molecule has 0 spiro atoms. The highest BCUT2D eigenvalue weighted by Gasteiger charge is 2.31. The highest BCUT2D eigenvalue weighted by molar-refractivity contribution is 5.95. The van der Waals surface area contributed by atoms with E-state index < -0.39 is 0 Å². The van der Waals surface area contributed by atoms with Crippen LogP contribution in [-0.4, -0.2) is 43.0 Å². The number of nitrogens with zero attached hydrogens (tertiary/aromatic N) is 1. The number of amides is 2. The van der Waals surface area contributed by atoms with Crippen molar-refractivity contribution >= 4 is 29.9 Å². The van der Waals surface area contributed by atoms with Crippen LogP contribution in [0.15, 0.2) is 24.3 Å². The molecule has 0 saturated heterocycles. The monoisotopic (exact) mass is 355 g/mol. The van der Waals surface area contributed by atoms with E-state index >= 15 is 0 Å². The molecular weight excluding hydrogens is 330 g/mol. The van der Waals surface area contributed by atoms with Crippen molar-refractivity contribution in [3.63, 3.8) is 0 Å². The Kier molecular flexibility index (Phi) is 8.01. The molecule has 0 aliphatic heterocycles. The zero-order valence-electron chi connectivity index (χ0n) is 14.2. The summed E-state index contributed by atoms with van der Waals surface area (Å²) in [5.41, 5.74) is 6.53. The first-order valence-electron chi connectivity index (χ1n) is 8.01. The molecule has 1 saturated carbocycles. The Hall–Kier alpha value is -1.79. The van der Waals surface area contributed by atoms with Gasteiger partial charge in [0.05, 0.1) is 13.7 Å². The van der Waals surface area contributed by atoms with Gasteiger partial charge in [-0.1, -0.05) is 6.07 Å². The lowest BCUT2D eigenvalue weighted by Gasteiger charge is -2.23. The van der Waals surface area contributed by atoms with E-state index in [4.69, 9.17) is 10.5 Å². The van der Waals surface area contributed by atoms with Gasteiger partial charge >= 0.3 is 0 Å². The number of likely N-dealkylation sites (N-methyl/N-ethyl adjacent to an activating group) is 1. The van der Waals surface area contributed by atoms with Crippen molar-refractivity contribution in [3.8, 4) is 5.75 Å². The average molecular weight is 356 g/mol. The molecule has 134 valence electrons. The van der Waals surface area contributed by atoms with Crippen LogP contribution in [0.3, 0.4) is 0 Å². The Bertz CT molecular complexity index is 568. The van der Waals surface area contributed by atoms with Crippen molar-refractivity contribution in [3.05, 3.63) is 24.3 Å². The molecule has 0 bridgehead atoms. The third-order valence-electron chi connectivity index (χ3n) is 4.20. The van der Waals surface area contributed by atoms with E-state index in [9.17, 15) is 9.59 Å². The Morgan fingerprint density at radius 1 is 1.38 bits per heavy atom. The predicted octanol–water partition coefficient (Wildman–Crippen LogP) is 2.03. The molecule has 2 amide bonds. The second-order valence-corrected chi connectivity index (χ2v) is 5.90. The zero-order valence-corrected chi connectivity index (χ0v) is 15.0. The van der Waals surface area contributed by atoms with Gasteiger partial charge in [0, 0.05) is 30.3 Å². The number of halogens is 1. The van der Waals surface area contributed by atoms with Crippen molar-refractivity contribution in [2.75, 3.05) is 25.5 Å². The van der Waals surface area contributed by atoms with Gasteiger partial charge in [0.2, 0.25) is 11.8 Å². The standard InChI is InChI=1S/C17H25N3O3.ClH/c1-3-20(17(22)12-7-8-13(18)9-12)11-16(21)19-14-5-4-6-15(10-14)23-2;/h4-6,10,12-13H,3,7-9,11,18H2,1-2H3,(H,19,21);1H. The summed E-state index contributed by atoms with van der Waals surface area (Å²) in [6, 6.07) is 7.24. The van der Waals surface area contributed by atoms with Crippen LogP contribution in [0.25, 0.3) is 0 Å². The summed E-state index contributed by atoms with van der Waals surface area (Å²) in [5, 5.41) is 2.80. The number of anilines is 1. The average Bonchev–Trinajstić information content (AvgIpc) is 2.98. The second-order valence-electron chi connectivity index (χ2n) is 5.90. The van der Waals surface area contributed by atoms with E-state index in [0.717, 1.165) is 12.8 Å². The van der Waals surface area contributed by atoms with E-state index in [1.165, 1.54) is 0 Å². The number of benzene rings is 1. The van der Waals surface area contributed by atoms with Crippen LogP contribution < -0.4 is 15.8 Å². The number of nitrogens with two attached hydrogens (primary N) is 1. The van der Waals surface area contributed by atoms with E-state index in [-0.39, 0.29) is 42.7 Å². The maximum absolute atomic E-state index is 12.5. The molecule has 1 aliphatic carbocycles. The minimum atomic E-state index is -0.212. The van der Waals surface area contributed by atoms with E-state index in [1.807, 2.05) is 6.92 Å². The molecular formula is C17H26ClN3O3. The second kappa shape index (κ2) is 9.49. The number of nitrogens with one attached hydrogen (secondary N) is 1. The number of ether oxygens (including phenoxy) is 1. The highest BCUT2D eigenvalue weighted by atomic mass is 35.5. The smallest absolute Gasteiger partial charge is 0.243 e. The first-order valence-corrected chi connectivity index (χ1v) is 8.01. The quantitative estimate of drug-likeness (QED) is 0.817. The maximum atomic E-state index is 12.5. The van der Waals surface area contributed by atoms with Crippen LogP contribution in [0.2, 0.25) is 0 Å². The van der Waals surface area contributed by atoms with Crippen molar-refractivity contribution in [2.45, 2.75) is 32.2 Å². The summed E-state index contributed by atoms with van der Waals surface area (Å²) >= 11 is 0. The summed E-state index contributed by atoms with van der Waals surface area (Å²) in [6.45, 7) is 2.44. The van der Waals surface area contributed by atoms with Crippen molar-refractivity contribution in [1.29, 1.82) is 0 Å². The van der Waals surface area contributed by atoms with Gasteiger partial charge in [-0.3, -0.25) is 9.59 Å². The largest absolute Gasteiger partial charge is 0.497 e. The Labute approximate surface area is 149 Å². The molecule has 0 heterocycles. The van der Waals surface area contributed by atoms with Crippen LogP contribution in [0.1, 0.15) is 26.2 Å². The highest BCUT2D eigenvalue weighted by Crippen LogP contribution is 2.26. The zero-order chi connectivity index (χ0) is 16.8. The molecule has 2 atom stereocenters. The third kappa shape index (κ3) is 5.39. The molecule has 1 fully saturated rings. The summed E-state index contributed by atoms with van der Waals surface area (Å²) in [6.07, 6.45) is 2.41. The number of methoxy groups -OCH3 is 1. The predicted molar refractivity (Wildman–Crippen MR) is 96.4 cm³/mol. The van der Waals surface area contributed by atoms with Crippen LogP contribution in [0, 0.1) is 5.92 Å². The molecule has 24 heavy (non-hydrogen) atoms. The third-order valence-corrected chi connectivity index (χ3v) is 4.20. The summed E-state index contributed by atoms with van der Waals surface area (Å²) in [7, 11) is 1.57. The molecule has 1 aliphatic rings. The van der Waals surface area contributed by atoms with Gasteiger partial charge in [0.1, 0.15) is 5.75 Å². The normalized spacial score (nSPS) is 19.3. The number of rotatable bonds is 6. The van der Waals surface area contributed by atoms with Crippen LogP contribution in [0.5, 0.6) is 5.75 Å². The maximum Gasteiger partial charge on any atom is 0.243 e. The molecule has 0 radical (unpaired) electrons. The molecule has 2 rings (SSSR count). The van der Waals surface area contributed by atoms with Gasteiger partial charge in [0.15, 0.2) is 0 Å². The van der Waals surface area contributed by atoms with Gasteiger partial charge in [-0.2, -0.15) is 0 Å². The fourth-order valence-corrected chi connectivity index (χ4v) is 2.92. The minimum Gasteiger partial charge on any atom is -0.497 e. The van der Waals surface area contributed by atoms with E-state index in [0.29, 0.717) is 24.4 Å². The fraction of sp³-hybridized carbons (Fsp3) is 0.529. The molecule has 1 aromatic carbocycles. The van der Waals surface area contributed by atoms with Gasteiger partial charge in [0.25, 0.3) is 0 Å². The van der Waals surface area contributed by atoms with Crippen LogP contribution in [-0.2, 0) is 9.59 Å². The van der Waals surface area contributed by atoms with Gasteiger partial charge in [-0.05, 0) is 38.3 Å². The SMILES string of the molecule is CCN(CC(=O)Nc1cccc(OC)c1)C(=O)C1CCC(N)C1.Cl. The Balaban J connectivity index is 0.00000288. The minimum absolute atomic E-state index is 0. The van der Waals surface area contributed by atoms with Gasteiger partial charge in [-0.15, -0.1) is 12.4 Å². The topological polar surface area (TPSA) is 84.7 Å². The van der Waals surface area contributed by atoms with Crippen molar-refractivity contribution in [2.24, 2.45) is 11.7 Å². The molecule has 1 aromatic rings. The molecule has 3 N–H and O–H groups in total. The Morgan fingerprint density at radius 3 is 2.71 bits per heavy atom. The lowest BCUT2D eigenvalue weighted by Crippen LogP contribution is -2.41. The number of carbonyl (C=O) groups is 2. The number of hydrogen-bond acceptors (Lipinski definition) is 4. The van der Waals surface area contributed by atoms with Crippen LogP contribution in [0.4, 0.5) is 5.69 Å². The lowest BCUT2D eigenvalue weighted by molar-refractivity contribution is -0.138. The van der Waals surface area contributed by atoms with E-state index in [1.54, 1.807) is 36.3 Å². The van der Waals surface area contributed by atoms with Crippen molar-refractivity contribution < 1.29 is 14.3 Å². The molecule has 7 heteroatoms. The van der Waals surface area contributed by atoms with Gasteiger partial charge in [-0.25, -0.2) is 0 Å². The van der Waals surface area contributed by atoms with E-state index in [2.05, 4.69) is 5.32 Å².